The minimum Gasteiger partial charge on any atom is -0.398 e. The van der Waals surface area contributed by atoms with E-state index in [-0.39, 0.29) is 0 Å². The van der Waals surface area contributed by atoms with Crippen molar-refractivity contribution in [1.82, 2.24) is 10.1 Å². The van der Waals surface area contributed by atoms with E-state index >= 15 is 0 Å². The Morgan fingerprint density at radius 1 is 1.43 bits per heavy atom. The Morgan fingerprint density at radius 3 is 2.79 bits per heavy atom. The maximum absolute atomic E-state index is 5.73. The molecule has 1 aromatic heterocycles. The maximum atomic E-state index is 5.73. The average Bonchev–Trinajstić information content (AvgIpc) is 2.57. The van der Waals surface area contributed by atoms with E-state index in [2.05, 4.69) is 26.1 Å². The Labute approximate surface area is 89.2 Å². The van der Waals surface area contributed by atoms with Gasteiger partial charge in [-0.15, -0.1) is 0 Å². The van der Waals surface area contributed by atoms with E-state index in [1.807, 2.05) is 12.1 Å². The van der Waals surface area contributed by atoms with Gasteiger partial charge in [0.1, 0.15) is 0 Å². The summed E-state index contributed by atoms with van der Waals surface area (Å²) >= 11 is 3.32. The highest BCUT2D eigenvalue weighted by Gasteiger charge is 2.07. The molecule has 0 unspecified atom stereocenters. The molecule has 0 radical (unpaired) electrons. The van der Waals surface area contributed by atoms with Gasteiger partial charge in [0.05, 0.1) is 0 Å². The van der Waals surface area contributed by atoms with Crippen molar-refractivity contribution in [2.45, 2.75) is 6.92 Å². The van der Waals surface area contributed by atoms with Crippen molar-refractivity contribution in [1.29, 1.82) is 0 Å². The van der Waals surface area contributed by atoms with E-state index < -0.39 is 0 Å². The second kappa shape index (κ2) is 3.42. The number of anilines is 1. The van der Waals surface area contributed by atoms with Crippen molar-refractivity contribution in [3.05, 3.63) is 28.5 Å². The molecule has 0 fully saturated rings. The van der Waals surface area contributed by atoms with Crippen LogP contribution in [-0.2, 0) is 0 Å². The zero-order chi connectivity index (χ0) is 10.1. The lowest BCUT2D eigenvalue weighted by Crippen LogP contribution is -1.87. The van der Waals surface area contributed by atoms with Crippen molar-refractivity contribution >= 4 is 21.6 Å². The van der Waals surface area contributed by atoms with Gasteiger partial charge in [0, 0.05) is 15.7 Å². The van der Waals surface area contributed by atoms with Crippen LogP contribution in [0.15, 0.2) is 27.2 Å². The average molecular weight is 254 g/mol. The van der Waals surface area contributed by atoms with Crippen molar-refractivity contribution in [3.8, 4) is 11.5 Å². The molecule has 0 amide bonds. The lowest BCUT2D eigenvalue weighted by molar-refractivity contribution is 0.425. The zero-order valence-corrected chi connectivity index (χ0v) is 9.08. The van der Waals surface area contributed by atoms with Gasteiger partial charge in [0.15, 0.2) is 5.82 Å². The lowest BCUT2D eigenvalue weighted by Gasteiger charge is -1.98. The van der Waals surface area contributed by atoms with Crippen molar-refractivity contribution in [3.63, 3.8) is 0 Å². The standard InChI is InChI=1S/C9H8BrN3O/c1-5-12-9(14-13-5)6-2-3-7(10)8(11)4-6/h2-4H,11H2,1H3. The molecule has 72 valence electrons. The largest absolute Gasteiger partial charge is 0.398 e. The SMILES string of the molecule is Cc1noc(-c2ccc(Br)c(N)c2)n1. The van der Waals surface area contributed by atoms with Crippen LogP contribution in [0.3, 0.4) is 0 Å². The normalized spacial score (nSPS) is 10.4. The highest BCUT2D eigenvalue weighted by molar-refractivity contribution is 9.10. The number of aryl methyl sites for hydroxylation is 1. The second-order valence-corrected chi connectivity index (χ2v) is 3.74. The number of nitrogen functional groups attached to an aromatic ring is 1. The van der Waals surface area contributed by atoms with Gasteiger partial charge in [0.2, 0.25) is 0 Å². The van der Waals surface area contributed by atoms with Crippen molar-refractivity contribution < 1.29 is 4.52 Å². The number of benzene rings is 1. The molecule has 1 heterocycles. The molecular weight excluding hydrogens is 246 g/mol. The quantitative estimate of drug-likeness (QED) is 0.793. The van der Waals surface area contributed by atoms with Gasteiger partial charge >= 0.3 is 0 Å². The molecular formula is C9H8BrN3O. The summed E-state index contributed by atoms with van der Waals surface area (Å²) < 4.78 is 5.87. The zero-order valence-electron chi connectivity index (χ0n) is 7.49. The Balaban J connectivity index is 2.47. The van der Waals surface area contributed by atoms with Crippen LogP contribution in [0.1, 0.15) is 5.82 Å². The summed E-state index contributed by atoms with van der Waals surface area (Å²) in [5.74, 6) is 1.10. The molecule has 0 spiro atoms. The van der Waals surface area contributed by atoms with Gasteiger partial charge in [0.25, 0.3) is 5.89 Å². The first-order valence-corrected chi connectivity index (χ1v) is 4.82. The van der Waals surface area contributed by atoms with E-state index in [4.69, 9.17) is 10.3 Å². The Bertz CT molecular complexity index is 467. The summed E-state index contributed by atoms with van der Waals surface area (Å²) in [4.78, 5) is 4.10. The highest BCUT2D eigenvalue weighted by atomic mass is 79.9. The molecule has 0 aliphatic heterocycles. The Kier molecular flexibility index (Phi) is 2.25. The molecule has 4 nitrogen and oxygen atoms in total. The van der Waals surface area contributed by atoms with E-state index in [9.17, 15) is 0 Å². The number of nitrogens with zero attached hydrogens (tertiary/aromatic N) is 2. The monoisotopic (exact) mass is 253 g/mol. The molecule has 0 saturated carbocycles. The molecule has 0 aliphatic carbocycles. The van der Waals surface area contributed by atoms with Gasteiger partial charge in [-0.25, -0.2) is 0 Å². The van der Waals surface area contributed by atoms with E-state index in [0.717, 1.165) is 10.0 Å². The Hall–Kier alpha value is -1.36. The van der Waals surface area contributed by atoms with Crippen molar-refractivity contribution in [2.75, 3.05) is 5.73 Å². The Morgan fingerprint density at radius 2 is 2.21 bits per heavy atom. The fourth-order valence-corrected chi connectivity index (χ4v) is 1.34. The lowest BCUT2D eigenvalue weighted by atomic mass is 10.2. The summed E-state index contributed by atoms with van der Waals surface area (Å²) in [7, 11) is 0. The first-order valence-electron chi connectivity index (χ1n) is 4.02. The molecule has 0 atom stereocenters. The molecule has 0 aliphatic rings. The molecule has 2 aromatic rings. The maximum Gasteiger partial charge on any atom is 0.257 e. The first kappa shape index (κ1) is 9.21. The predicted octanol–water partition coefficient (Wildman–Crippen LogP) is 2.39. The topological polar surface area (TPSA) is 64.9 Å². The van der Waals surface area contributed by atoms with Gasteiger partial charge in [-0.3, -0.25) is 0 Å². The second-order valence-electron chi connectivity index (χ2n) is 2.88. The number of halogens is 1. The van der Waals surface area contributed by atoms with Gasteiger partial charge < -0.3 is 10.3 Å². The molecule has 0 saturated heterocycles. The third-order valence-corrected chi connectivity index (χ3v) is 2.49. The van der Waals surface area contributed by atoms with Crippen LogP contribution in [0, 0.1) is 6.92 Å². The van der Waals surface area contributed by atoms with Crippen LogP contribution in [0.4, 0.5) is 5.69 Å². The molecule has 0 bridgehead atoms. The fraction of sp³-hybridized carbons (Fsp3) is 0.111. The summed E-state index contributed by atoms with van der Waals surface area (Å²) in [5.41, 5.74) is 7.20. The van der Waals surface area contributed by atoms with E-state index in [0.29, 0.717) is 17.4 Å². The van der Waals surface area contributed by atoms with Crippen LogP contribution >= 0.6 is 15.9 Å². The minimum absolute atomic E-state index is 0.488. The molecule has 2 N–H and O–H groups in total. The van der Waals surface area contributed by atoms with Crippen LogP contribution in [0.2, 0.25) is 0 Å². The fourth-order valence-electron chi connectivity index (χ4n) is 1.09. The third kappa shape index (κ3) is 1.63. The predicted molar refractivity (Wildman–Crippen MR) is 56.6 cm³/mol. The number of nitrogens with two attached hydrogens (primary N) is 1. The van der Waals surface area contributed by atoms with E-state index in [1.54, 1.807) is 13.0 Å². The van der Waals surface area contributed by atoms with E-state index in [1.165, 1.54) is 0 Å². The highest BCUT2D eigenvalue weighted by Crippen LogP contribution is 2.25. The van der Waals surface area contributed by atoms with Gasteiger partial charge in [-0.05, 0) is 41.1 Å². The van der Waals surface area contributed by atoms with Gasteiger partial charge in [-0.1, -0.05) is 5.16 Å². The first-order chi connectivity index (χ1) is 6.66. The summed E-state index contributed by atoms with van der Waals surface area (Å²) in [6, 6.07) is 5.51. The summed E-state index contributed by atoms with van der Waals surface area (Å²) in [6.07, 6.45) is 0. The molecule has 14 heavy (non-hydrogen) atoms. The molecule has 5 heteroatoms. The summed E-state index contributed by atoms with van der Waals surface area (Å²) in [6.45, 7) is 1.77. The van der Waals surface area contributed by atoms with Gasteiger partial charge in [-0.2, -0.15) is 4.98 Å². The van der Waals surface area contributed by atoms with Crippen LogP contribution in [0.5, 0.6) is 0 Å². The molecule has 1 aromatic carbocycles. The minimum atomic E-state index is 0.488. The number of rotatable bonds is 1. The number of aromatic nitrogens is 2. The van der Waals surface area contributed by atoms with Crippen molar-refractivity contribution in [2.24, 2.45) is 0 Å². The number of hydrogen-bond acceptors (Lipinski definition) is 4. The van der Waals surface area contributed by atoms with Crippen LogP contribution < -0.4 is 5.73 Å². The number of hydrogen-bond donors (Lipinski definition) is 1. The third-order valence-electron chi connectivity index (χ3n) is 1.77. The van der Waals surface area contributed by atoms with Crippen LogP contribution in [-0.4, -0.2) is 10.1 Å². The smallest absolute Gasteiger partial charge is 0.257 e. The molecule has 2 rings (SSSR count). The van der Waals surface area contributed by atoms with Crippen LogP contribution in [0.25, 0.3) is 11.5 Å². The summed E-state index contributed by atoms with van der Waals surface area (Å²) in [5, 5.41) is 3.71.